The van der Waals surface area contributed by atoms with Crippen LogP contribution in [0.4, 0.5) is 0 Å². The van der Waals surface area contributed by atoms with Crippen molar-refractivity contribution in [2.24, 2.45) is 0 Å². The Labute approximate surface area is 174 Å². The molecule has 0 aliphatic carbocycles. The first-order chi connectivity index (χ1) is 13.8. The van der Waals surface area contributed by atoms with Crippen LogP contribution in [0.2, 0.25) is 0 Å². The van der Waals surface area contributed by atoms with Gasteiger partial charge in [-0.3, -0.25) is 0 Å². The van der Waals surface area contributed by atoms with E-state index in [4.69, 9.17) is 0 Å². The van der Waals surface area contributed by atoms with Crippen LogP contribution in [0, 0.1) is 6.92 Å². The molecule has 1 aromatic carbocycles. The molecule has 0 amide bonds. The third kappa shape index (κ3) is 8.84. The Balaban J connectivity index is 1.38. The van der Waals surface area contributed by atoms with E-state index in [0.717, 1.165) is 0 Å². The number of unbranched alkanes of at least 4 members (excludes halogenated alkanes) is 15. The zero-order valence-corrected chi connectivity index (χ0v) is 18.9. The van der Waals surface area contributed by atoms with E-state index in [0.29, 0.717) is 0 Å². The van der Waals surface area contributed by atoms with Crippen molar-refractivity contribution in [2.75, 3.05) is 0 Å². The molecule has 0 unspecified atom stereocenters. The average molecular weight is 384 g/mol. The monoisotopic (exact) mass is 383 g/mol. The Morgan fingerprint density at radius 3 is 1.61 bits per heavy atom. The van der Waals surface area contributed by atoms with Crippen LogP contribution in [-0.4, -0.2) is 4.57 Å². The van der Waals surface area contributed by atoms with E-state index in [1.54, 1.807) is 0 Å². The number of aryl methyl sites for hydroxylation is 2. The van der Waals surface area contributed by atoms with Gasteiger partial charge < -0.3 is 4.57 Å². The molecule has 0 saturated heterocycles. The van der Waals surface area contributed by atoms with E-state index >= 15 is 0 Å². The normalized spacial score (nSPS) is 11.5. The van der Waals surface area contributed by atoms with Crippen molar-refractivity contribution < 1.29 is 0 Å². The van der Waals surface area contributed by atoms with Crippen LogP contribution in [0.15, 0.2) is 30.3 Å². The highest BCUT2D eigenvalue weighted by molar-refractivity contribution is 5.81. The lowest BCUT2D eigenvalue weighted by molar-refractivity contribution is 0.521. The van der Waals surface area contributed by atoms with Gasteiger partial charge in [-0.25, -0.2) is 0 Å². The number of hydrogen-bond donors (Lipinski definition) is 0. The molecule has 28 heavy (non-hydrogen) atoms. The highest BCUT2D eigenvalue weighted by Gasteiger charge is 2.04. The third-order valence-electron chi connectivity index (χ3n) is 6.25. The Bertz CT molecular complexity index is 624. The highest BCUT2D eigenvalue weighted by atomic mass is 15.0. The number of para-hydroxylation sites is 1. The minimum atomic E-state index is 1.18. The van der Waals surface area contributed by atoms with Gasteiger partial charge in [-0.2, -0.15) is 0 Å². The van der Waals surface area contributed by atoms with E-state index in [9.17, 15) is 0 Å². The number of nitrogens with zero attached hydrogens (tertiary/aromatic N) is 1. The van der Waals surface area contributed by atoms with E-state index in [-0.39, 0.29) is 0 Å². The molecule has 2 aromatic rings. The number of aromatic nitrogens is 1. The van der Waals surface area contributed by atoms with Gasteiger partial charge in [0.1, 0.15) is 0 Å². The number of rotatable bonds is 17. The second-order valence-electron chi connectivity index (χ2n) is 8.80. The smallest absolute Gasteiger partial charge is 0.0482 e. The molecule has 158 valence electrons. The maximum Gasteiger partial charge on any atom is 0.0482 e. The summed E-state index contributed by atoms with van der Waals surface area (Å²) in [4.78, 5) is 0. The molecule has 0 N–H and O–H groups in total. The van der Waals surface area contributed by atoms with Crippen LogP contribution in [0.25, 0.3) is 10.9 Å². The maximum atomic E-state index is 2.50. The van der Waals surface area contributed by atoms with Crippen molar-refractivity contribution in [3.8, 4) is 0 Å². The van der Waals surface area contributed by atoms with Gasteiger partial charge in [0.15, 0.2) is 0 Å². The SMILES string of the molecule is CCCCCCCCCCCCCCCCCCn1c(C)cc2ccccc21. The van der Waals surface area contributed by atoms with Crippen molar-refractivity contribution in [1.29, 1.82) is 0 Å². The molecule has 1 aromatic heterocycles. The summed E-state index contributed by atoms with van der Waals surface area (Å²) in [7, 11) is 0. The van der Waals surface area contributed by atoms with E-state index < -0.39 is 0 Å². The Hall–Kier alpha value is -1.24. The summed E-state index contributed by atoms with van der Waals surface area (Å²) in [6.45, 7) is 5.72. The van der Waals surface area contributed by atoms with Gasteiger partial charge in [0.2, 0.25) is 0 Å². The van der Waals surface area contributed by atoms with Crippen LogP contribution < -0.4 is 0 Å². The van der Waals surface area contributed by atoms with Crippen molar-refractivity contribution in [1.82, 2.24) is 4.57 Å². The summed E-state index contributed by atoms with van der Waals surface area (Å²) in [6, 6.07) is 11.1. The first kappa shape index (κ1) is 23.0. The minimum absolute atomic E-state index is 1.18. The minimum Gasteiger partial charge on any atom is -0.345 e. The fourth-order valence-corrected chi connectivity index (χ4v) is 4.46. The molecule has 1 nitrogen and oxygen atoms in total. The average Bonchev–Trinajstić information content (AvgIpc) is 3.03. The maximum absolute atomic E-state index is 2.50. The molecular formula is C27H45N. The number of hydrogen-bond acceptors (Lipinski definition) is 0. The van der Waals surface area contributed by atoms with Crippen LogP contribution in [0.3, 0.4) is 0 Å². The van der Waals surface area contributed by atoms with Crippen molar-refractivity contribution in [3.63, 3.8) is 0 Å². The zero-order chi connectivity index (χ0) is 19.9. The lowest BCUT2D eigenvalue weighted by atomic mass is 10.0. The summed E-state index contributed by atoms with van der Waals surface area (Å²) < 4.78 is 2.50. The second-order valence-corrected chi connectivity index (χ2v) is 8.80. The van der Waals surface area contributed by atoms with Crippen LogP contribution in [0.5, 0.6) is 0 Å². The predicted molar refractivity (Wildman–Crippen MR) is 126 cm³/mol. The molecule has 0 radical (unpaired) electrons. The van der Waals surface area contributed by atoms with Crippen molar-refractivity contribution in [3.05, 3.63) is 36.0 Å². The van der Waals surface area contributed by atoms with E-state index in [1.165, 1.54) is 126 Å². The Kier molecular flexibility index (Phi) is 12.1. The number of fused-ring (bicyclic) bond motifs is 1. The summed E-state index contributed by atoms with van der Waals surface area (Å²) in [6.07, 6.45) is 23.0. The molecule has 2 rings (SSSR count). The summed E-state index contributed by atoms with van der Waals surface area (Å²) >= 11 is 0. The first-order valence-electron chi connectivity index (χ1n) is 12.4. The van der Waals surface area contributed by atoms with Crippen LogP contribution >= 0.6 is 0 Å². The lowest BCUT2D eigenvalue weighted by Gasteiger charge is -2.08. The molecule has 0 saturated carbocycles. The lowest BCUT2D eigenvalue weighted by Crippen LogP contribution is -1.99. The molecule has 0 aliphatic rings. The van der Waals surface area contributed by atoms with Gasteiger partial charge in [0, 0.05) is 17.8 Å². The third-order valence-corrected chi connectivity index (χ3v) is 6.25. The molecule has 0 spiro atoms. The fourth-order valence-electron chi connectivity index (χ4n) is 4.46. The summed E-state index contributed by atoms with van der Waals surface area (Å²) in [5, 5.41) is 1.39. The first-order valence-corrected chi connectivity index (χ1v) is 12.4. The number of benzene rings is 1. The molecule has 0 bridgehead atoms. The standard InChI is InChI=1S/C27H45N/c1-3-4-5-6-7-8-9-10-11-12-13-14-15-16-17-20-23-28-25(2)24-26-21-18-19-22-27(26)28/h18-19,21-22,24H,3-17,20,23H2,1-2H3. The van der Waals surface area contributed by atoms with Crippen LogP contribution in [0.1, 0.15) is 115 Å². The molecule has 0 atom stereocenters. The van der Waals surface area contributed by atoms with Gasteiger partial charge in [-0.05, 0) is 30.9 Å². The van der Waals surface area contributed by atoms with Crippen LogP contribution in [-0.2, 0) is 6.54 Å². The summed E-state index contributed by atoms with van der Waals surface area (Å²) in [5.41, 5.74) is 2.81. The van der Waals surface area contributed by atoms with E-state index in [2.05, 4.69) is 48.7 Å². The predicted octanol–water partition coefficient (Wildman–Crippen LogP) is 9.21. The molecule has 0 fully saturated rings. The molecular weight excluding hydrogens is 338 g/mol. The summed E-state index contributed by atoms with van der Waals surface area (Å²) in [5.74, 6) is 0. The van der Waals surface area contributed by atoms with Gasteiger partial charge in [0.05, 0.1) is 0 Å². The van der Waals surface area contributed by atoms with Gasteiger partial charge in [-0.15, -0.1) is 0 Å². The molecule has 1 heteroatoms. The quantitative estimate of drug-likeness (QED) is 0.240. The largest absolute Gasteiger partial charge is 0.345 e. The molecule has 1 heterocycles. The van der Waals surface area contributed by atoms with Crippen molar-refractivity contribution >= 4 is 10.9 Å². The topological polar surface area (TPSA) is 4.93 Å². The Morgan fingerprint density at radius 1 is 0.607 bits per heavy atom. The molecule has 0 aliphatic heterocycles. The fraction of sp³-hybridized carbons (Fsp3) is 0.704. The second kappa shape index (κ2) is 14.7. The van der Waals surface area contributed by atoms with Gasteiger partial charge in [-0.1, -0.05) is 121 Å². The zero-order valence-electron chi connectivity index (χ0n) is 18.9. The highest BCUT2D eigenvalue weighted by Crippen LogP contribution is 2.20. The Morgan fingerprint density at radius 2 is 1.07 bits per heavy atom. The van der Waals surface area contributed by atoms with E-state index in [1.807, 2.05) is 0 Å². The van der Waals surface area contributed by atoms with Crippen molar-refractivity contribution in [2.45, 2.75) is 123 Å². The van der Waals surface area contributed by atoms with Gasteiger partial charge >= 0.3 is 0 Å². The van der Waals surface area contributed by atoms with Gasteiger partial charge in [0.25, 0.3) is 0 Å².